The second-order valence-electron chi connectivity index (χ2n) is 2.50. The highest BCUT2D eigenvalue weighted by molar-refractivity contribution is 9.10. The topological polar surface area (TPSA) is 0 Å². The molecule has 4 heteroatoms. The molecule has 0 saturated carbocycles. The minimum atomic E-state index is 0.961. The van der Waals surface area contributed by atoms with Gasteiger partial charge in [0.15, 0.2) is 0 Å². The highest BCUT2D eigenvalue weighted by atomic mass is 79.9. The van der Waals surface area contributed by atoms with Gasteiger partial charge in [-0.25, -0.2) is 0 Å². The second kappa shape index (κ2) is 4.00. The molecule has 1 aromatic heterocycles. The Morgan fingerprint density at radius 2 is 1.77 bits per heavy atom. The lowest BCUT2D eigenvalue weighted by molar-refractivity contribution is 1.65. The van der Waals surface area contributed by atoms with Crippen molar-refractivity contribution in [3.63, 3.8) is 0 Å². The van der Waals surface area contributed by atoms with E-state index in [1.807, 2.05) is 18.2 Å². The molecule has 0 aliphatic heterocycles. The first-order chi connectivity index (χ1) is 6.25. The lowest BCUT2D eigenvalue weighted by Gasteiger charge is -1.95. The van der Waals surface area contributed by atoms with E-state index in [0.717, 1.165) is 8.30 Å². The van der Waals surface area contributed by atoms with Gasteiger partial charge in [-0.15, -0.1) is 0 Å². The quantitative estimate of drug-likeness (QED) is 0.527. The van der Waals surface area contributed by atoms with Crippen LogP contribution in [0.5, 0.6) is 0 Å². The second-order valence-corrected chi connectivity index (χ2v) is 6.33. The molecule has 0 aliphatic rings. The molecule has 0 radical (unpaired) electrons. The molecule has 0 N–H and O–H groups in total. The zero-order valence-electron chi connectivity index (χ0n) is 6.49. The van der Waals surface area contributed by atoms with Crippen LogP contribution in [-0.2, 0) is 0 Å². The monoisotopic (exact) mass is 288 g/mol. The van der Waals surface area contributed by atoms with Crippen molar-refractivity contribution >= 4 is 48.8 Å². The van der Waals surface area contributed by atoms with Crippen LogP contribution in [0.2, 0.25) is 0 Å². The Hall–Kier alpha value is -0.0300. The maximum absolute atomic E-state index is 5.08. The third-order valence-electron chi connectivity index (χ3n) is 1.59. The van der Waals surface area contributed by atoms with Crippen molar-refractivity contribution in [3.05, 3.63) is 38.6 Å². The van der Waals surface area contributed by atoms with E-state index in [4.69, 9.17) is 12.2 Å². The summed E-state index contributed by atoms with van der Waals surface area (Å²) in [7, 11) is 3.38. The largest absolute Gasteiger partial charge is 0.102 e. The zero-order valence-corrected chi connectivity index (χ0v) is 10.5. The van der Waals surface area contributed by atoms with E-state index < -0.39 is 0 Å². The predicted octanol–water partition coefficient (Wildman–Crippen LogP) is 4.97. The Morgan fingerprint density at radius 3 is 2.31 bits per heavy atom. The molecule has 0 atom stereocenters. The van der Waals surface area contributed by atoms with Crippen molar-refractivity contribution in [2.24, 2.45) is 0 Å². The molecular weight excluding hydrogens is 284 g/mol. The first-order valence-electron chi connectivity index (χ1n) is 3.62. The van der Waals surface area contributed by atoms with Crippen LogP contribution in [0.4, 0.5) is 0 Å². The van der Waals surface area contributed by atoms with Crippen molar-refractivity contribution in [2.45, 2.75) is 0 Å². The van der Waals surface area contributed by atoms with E-state index >= 15 is 0 Å². The van der Waals surface area contributed by atoms with E-state index in [1.54, 1.807) is 20.7 Å². The lowest BCUT2D eigenvalue weighted by Crippen LogP contribution is -1.70. The highest BCUT2D eigenvalue weighted by Gasteiger charge is 1.99. The minimum Gasteiger partial charge on any atom is -0.0786 e. The van der Waals surface area contributed by atoms with E-state index in [1.165, 1.54) is 10.4 Å². The minimum absolute atomic E-state index is 0.961. The first-order valence-corrected chi connectivity index (χ1v) is 6.97. The number of hydrogen-bond acceptors (Lipinski definition) is 3. The summed E-state index contributed by atoms with van der Waals surface area (Å²) in [6.45, 7) is 0. The summed E-state index contributed by atoms with van der Waals surface area (Å²) in [5.41, 5.74) is 1.24. The molecule has 0 fully saturated rings. The van der Waals surface area contributed by atoms with Gasteiger partial charge in [-0.1, -0.05) is 61.0 Å². The van der Waals surface area contributed by atoms with Gasteiger partial charge in [0.1, 0.15) is 3.82 Å². The van der Waals surface area contributed by atoms with Crippen LogP contribution in [0.3, 0.4) is 0 Å². The molecule has 2 rings (SSSR count). The maximum atomic E-state index is 5.08. The number of hydrogen-bond donors (Lipinski definition) is 0. The smallest absolute Gasteiger partial charge is 0.0786 e. The Kier molecular flexibility index (Phi) is 2.93. The van der Waals surface area contributed by atoms with Gasteiger partial charge in [0, 0.05) is 9.35 Å². The van der Waals surface area contributed by atoms with Gasteiger partial charge in [-0.05, 0) is 23.8 Å². The Labute approximate surface area is 97.4 Å². The van der Waals surface area contributed by atoms with Crippen molar-refractivity contribution < 1.29 is 0 Å². The summed E-state index contributed by atoms with van der Waals surface area (Å²) in [6.07, 6.45) is 0. The molecule has 13 heavy (non-hydrogen) atoms. The summed E-state index contributed by atoms with van der Waals surface area (Å²) in [5.74, 6) is 0. The highest BCUT2D eigenvalue weighted by Crippen LogP contribution is 2.29. The molecule has 0 nitrogen and oxygen atoms in total. The molecule has 1 aromatic carbocycles. The molecule has 0 aliphatic carbocycles. The van der Waals surface area contributed by atoms with Gasteiger partial charge in [-0.3, -0.25) is 0 Å². The molecule has 0 spiro atoms. The molecule has 0 bridgehead atoms. The Bertz CT molecular complexity index is 452. The molecular formula is C9H5BrS3. The SMILES string of the molecule is S=c1cc(-c2ccc(Br)cc2)ss1. The zero-order chi connectivity index (χ0) is 9.26. The normalized spacial score (nSPS) is 10.2. The van der Waals surface area contributed by atoms with Crippen molar-refractivity contribution in [1.29, 1.82) is 0 Å². The van der Waals surface area contributed by atoms with E-state index in [0.29, 0.717) is 0 Å². The van der Waals surface area contributed by atoms with E-state index in [2.05, 4.69) is 28.1 Å². The average molecular weight is 289 g/mol. The Balaban J connectivity index is 2.47. The predicted molar refractivity (Wildman–Crippen MR) is 66.2 cm³/mol. The van der Waals surface area contributed by atoms with Gasteiger partial charge in [0.2, 0.25) is 0 Å². The van der Waals surface area contributed by atoms with Crippen LogP contribution < -0.4 is 0 Å². The third kappa shape index (κ3) is 2.26. The van der Waals surface area contributed by atoms with Crippen LogP contribution in [0.15, 0.2) is 34.8 Å². The number of benzene rings is 1. The number of halogens is 1. The summed E-state index contributed by atoms with van der Waals surface area (Å²) in [4.78, 5) is 1.25. The standard InChI is InChI=1S/C9H5BrS3/c10-7-3-1-6(2-4-7)8-5-9(11)13-12-8/h1-5H. The fourth-order valence-electron chi connectivity index (χ4n) is 0.987. The molecule has 0 unspecified atom stereocenters. The molecule has 2 aromatic rings. The van der Waals surface area contributed by atoms with Crippen LogP contribution in [0.1, 0.15) is 0 Å². The third-order valence-corrected chi connectivity index (χ3v) is 5.03. The fourth-order valence-corrected chi connectivity index (χ4v) is 3.65. The van der Waals surface area contributed by atoms with Crippen molar-refractivity contribution in [2.75, 3.05) is 0 Å². The molecule has 0 saturated heterocycles. The van der Waals surface area contributed by atoms with Crippen LogP contribution in [0, 0.1) is 3.82 Å². The van der Waals surface area contributed by atoms with E-state index in [-0.39, 0.29) is 0 Å². The summed E-state index contributed by atoms with van der Waals surface area (Å²) < 4.78 is 2.07. The van der Waals surface area contributed by atoms with Crippen LogP contribution in [-0.4, -0.2) is 0 Å². The Morgan fingerprint density at radius 1 is 1.08 bits per heavy atom. The van der Waals surface area contributed by atoms with Gasteiger partial charge >= 0.3 is 0 Å². The fraction of sp³-hybridized carbons (Fsp3) is 0. The van der Waals surface area contributed by atoms with Crippen LogP contribution in [0.25, 0.3) is 10.4 Å². The summed E-state index contributed by atoms with van der Waals surface area (Å²) in [6, 6.07) is 10.3. The molecule has 1 heterocycles. The maximum Gasteiger partial charge on any atom is 0.102 e. The van der Waals surface area contributed by atoms with Crippen molar-refractivity contribution in [1.82, 2.24) is 0 Å². The van der Waals surface area contributed by atoms with Gasteiger partial charge in [0.05, 0.1) is 0 Å². The van der Waals surface area contributed by atoms with Gasteiger partial charge in [-0.2, -0.15) is 0 Å². The summed E-state index contributed by atoms with van der Waals surface area (Å²) in [5, 5.41) is 0. The molecule has 0 amide bonds. The van der Waals surface area contributed by atoms with Gasteiger partial charge < -0.3 is 0 Å². The van der Waals surface area contributed by atoms with Crippen LogP contribution >= 0.6 is 48.8 Å². The van der Waals surface area contributed by atoms with Gasteiger partial charge in [0.25, 0.3) is 0 Å². The summed E-state index contributed by atoms with van der Waals surface area (Å²) >= 11 is 8.49. The lowest BCUT2D eigenvalue weighted by atomic mass is 10.2. The van der Waals surface area contributed by atoms with Crippen molar-refractivity contribution in [3.8, 4) is 10.4 Å². The first kappa shape index (κ1) is 9.52. The average Bonchev–Trinajstić information content (AvgIpc) is 2.53. The van der Waals surface area contributed by atoms with E-state index in [9.17, 15) is 0 Å². The molecule has 66 valence electrons. The number of rotatable bonds is 1.